The molecule has 1 N–H and O–H groups in total. The molecule has 1 amide bonds. The molecule has 1 saturated carbocycles. The molecule has 0 aromatic carbocycles. The third kappa shape index (κ3) is 1.34. The lowest BCUT2D eigenvalue weighted by Gasteiger charge is -2.18. The van der Waals surface area contributed by atoms with Crippen molar-refractivity contribution >= 4 is 5.91 Å². The summed E-state index contributed by atoms with van der Waals surface area (Å²) in [6, 6.07) is 0. The first kappa shape index (κ1) is 8.97. The van der Waals surface area contributed by atoms with E-state index in [9.17, 15) is 4.79 Å². The van der Waals surface area contributed by atoms with Crippen molar-refractivity contribution in [1.82, 2.24) is 4.90 Å². The summed E-state index contributed by atoms with van der Waals surface area (Å²) in [6.45, 7) is 2.28. The topological polar surface area (TPSA) is 49.8 Å². The van der Waals surface area contributed by atoms with Gasteiger partial charge in [-0.25, -0.2) is 0 Å². The molecule has 1 heterocycles. The van der Waals surface area contributed by atoms with Crippen LogP contribution in [0, 0.1) is 17.8 Å². The zero-order chi connectivity index (χ0) is 9.42. The van der Waals surface area contributed by atoms with Gasteiger partial charge < -0.3 is 14.7 Å². The molecule has 0 radical (unpaired) electrons. The summed E-state index contributed by atoms with van der Waals surface area (Å²) in [5.74, 6) is 1.02. The molecule has 3 atom stereocenters. The Hall–Kier alpha value is -0.610. The summed E-state index contributed by atoms with van der Waals surface area (Å²) in [5, 5.41) is 8.90. The van der Waals surface area contributed by atoms with Crippen molar-refractivity contribution in [3.63, 3.8) is 0 Å². The Morgan fingerprint density at radius 3 is 2.92 bits per heavy atom. The molecular weight excluding hydrogens is 170 g/mol. The zero-order valence-electron chi connectivity index (χ0n) is 7.77. The smallest absolute Gasteiger partial charge is 0.226 e. The van der Waals surface area contributed by atoms with Crippen molar-refractivity contribution in [2.24, 2.45) is 17.8 Å². The number of methoxy groups -OCH3 is 1. The lowest BCUT2D eigenvalue weighted by Crippen LogP contribution is -2.33. The van der Waals surface area contributed by atoms with Crippen molar-refractivity contribution in [2.45, 2.75) is 0 Å². The third-order valence-corrected chi connectivity index (χ3v) is 3.14. The summed E-state index contributed by atoms with van der Waals surface area (Å²) in [7, 11) is 1.64. The number of hydrogen-bond acceptors (Lipinski definition) is 3. The average molecular weight is 185 g/mol. The largest absolute Gasteiger partial charge is 0.396 e. The highest BCUT2D eigenvalue weighted by atomic mass is 16.5. The molecule has 3 unspecified atom stereocenters. The lowest BCUT2D eigenvalue weighted by atomic mass is 10.3. The number of carbonyl (C=O) groups excluding carboxylic acids is 1. The number of nitrogens with zero attached hydrogens (tertiary/aromatic N) is 1. The summed E-state index contributed by atoms with van der Waals surface area (Å²) < 4.78 is 4.91. The summed E-state index contributed by atoms with van der Waals surface area (Å²) in [6.07, 6.45) is 0. The van der Waals surface area contributed by atoms with Gasteiger partial charge in [-0.15, -0.1) is 0 Å². The van der Waals surface area contributed by atoms with Crippen LogP contribution in [0.1, 0.15) is 0 Å². The van der Waals surface area contributed by atoms with E-state index < -0.39 is 0 Å². The normalized spacial score (nSPS) is 36.6. The van der Waals surface area contributed by atoms with E-state index in [0.717, 1.165) is 6.54 Å². The molecule has 0 spiro atoms. The van der Waals surface area contributed by atoms with Gasteiger partial charge in [-0.05, 0) is 11.8 Å². The molecule has 2 fully saturated rings. The number of likely N-dealkylation sites (tertiary alicyclic amines) is 1. The van der Waals surface area contributed by atoms with Gasteiger partial charge >= 0.3 is 0 Å². The predicted octanol–water partition coefficient (Wildman–Crippen LogP) is -0.670. The Morgan fingerprint density at radius 2 is 2.46 bits per heavy atom. The van der Waals surface area contributed by atoms with Crippen molar-refractivity contribution in [3.8, 4) is 0 Å². The van der Waals surface area contributed by atoms with Crippen molar-refractivity contribution < 1.29 is 14.6 Å². The first-order valence-corrected chi connectivity index (χ1v) is 4.68. The molecule has 4 heteroatoms. The van der Waals surface area contributed by atoms with Crippen LogP contribution in [0.3, 0.4) is 0 Å². The standard InChI is InChI=1S/C9H15NO3/c1-13-3-2-10-4-6-7(5-11)8(6)9(10)12/h6-8,11H,2-5H2,1H3. The monoisotopic (exact) mass is 185 g/mol. The molecule has 1 saturated heterocycles. The van der Waals surface area contributed by atoms with Gasteiger partial charge in [-0.3, -0.25) is 4.79 Å². The van der Waals surface area contributed by atoms with Crippen LogP contribution in [-0.4, -0.2) is 49.3 Å². The van der Waals surface area contributed by atoms with E-state index in [2.05, 4.69) is 0 Å². The fraction of sp³-hybridized carbons (Fsp3) is 0.889. The third-order valence-electron chi connectivity index (χ3n) is 3.14. The molecule has 1 aliphatic heterocycles. The Kier molecular flexibility index (Phi) is 2.26. The molecule has 0 aromatic heterocycles. The molecule has 0 bridgehead atoms. The number of aliphatic hydroxyl groups excluding tert-OH is 1. The van der Waals surface area contributed by atoms with Gasteiger partial charge in [0.15, 0.2) is 0 Å². The maximum Gasteiger partial charge on any atom is 0.226 e. The number of carbonyl (C=O) groups is 1. The predicted molar refractivity (Wildman–Crippen MR) is 46.0 cm³/mol. The molecule has 74 valence electrons. The van der Waals surface area contributed by atoms with E-state index in [1.807, 2.05) is 4.90 Å². The van der Waals surface area contributed by atoms with Gasteiger partial charge in [0.2, 0.25) is 5.91 Å². The highest BCUT2D eigenvalue weighted by Gasteiger charge is 2.60. The molecule has 1 aliphatic carbocycles. The number of piperidine rings is 1. The van der Waals surface area contributed by atoms with Crippen molar-refractivity contribution in [3.05, 3.63) is 0 Å². The Labute approximate surface area is 77.5 Å². The van der Waals surface area contributed by atoms with E-state index in [0.29, 0.717) is 19.1 Å². The maximum atomic E-state index is 11.6. The number of rotatable bonds is 4. The fourth-order valence-electron chi connectivity index (χ4n) is 2.27. The number of ether oxygens (including phenoxy) is 1. The summed E-state index contributed by atoms with van der Waals surface area (Å²) >= 11 is 0. The van der Waals surface area contributed by atoms with Crippen LogP contribution in [0.25, 0.3) is 0 Å². The van der Waals surface area contributed by atoms with E-state index in [4.69, 9.17) is 9.84 Å². The minimum Gasteiger partial charge on any atom is -0.396 e. The zero-order valence-corrected chi connectivity index (χ0v) is 7.77. The van der Waals surface area contributed by atoms with Crippen LogP contribution in [0.4, 0.5) is 0 Å². The average Bonchev–Trinajstić information content (AvgIpc) is 2.75. The van der Waals surface area contributed by atoms with Gasteiger partial charge in [0.25, 0.3) is 0 Å². The number of aliphatic hydroxyl groups is 1. The molecule has 2 aliphatic rings. The lowest BCUT2D eigenvalue weighted by molar-refractivity contribution is -0.131. The first-order chi connectivity index (χ1) is 6.29. The maximum absolute atomic E-state index is 11.6. The van der Waals surface area contributed by atoms with Crippen LogP contribution in [0.15, 0.2) is 0 Å². The fourth-order valence-corrected chi connectivity index (χ4v) is 2.27. The SMILES string of the molecule is COCCN1CC2C(CO)C2C1=O. The second-order valence-corrected chi connectivity index (χ2v) is 3.81. The van der Waals surface area contributed by atoms with Crippen molar-refractivity contribution in [2.75, 3.05) is 33.4 Å². The van der Waals surface area contributed by atoms with Gasteiger partial charge in [0.1, 0.15) is 0 Å². The van der Waals surface area contributed by atoms with Crippen LogP contribution in [-0.2, 0) is 9.53 Å². The quantitative estimate of drug-likeness (QED) is 0.632. The number of hydrogen-bond donors (Lipinski definition) is 1. The van der Waals surface area contributed by atoms with Gasteiger partial charge in [0, 0.05) is 32.7 Å². The Bertz CT molecular complexity index is 219. The molecule has 4 nitrogen and oxygen atoms in total. The van der Waals surface area contributed by atoms with Gasteiger partial charge in [-0.1, -0.05) is 0 Å². The highest BCUT2D eigenvalue weighted by molar-refractivity contribution is 5.85. The van der Waals surface area contributed by atoms with E-state index in [1.165, 1.54) is 0 Å². The van der Waals surface area contributed by atoms with Crippen LogP contribution >= 0.6 is 0 Å². The molecular formula is C9H15NO3. The minimum atomic E-state index is 0.127. The molecule has 2 rings (SSSR count). The van der Waals surface area contributed by atoms with Crippen molar-refractivity contribution in [1.29, 1.82) is 0 Å². The van der Waals surface area contributed by atoms with Crippen LogP contribution in [0.2, 0.25) is 0 Å². The highest BCUT2D eigenvalue weighted by Crippen LogP contribution is 2.51. The second kappa shape index (κ2) is 3.27. The number of fused-ring (bicyclic) bond motifs is 1. The van der Waals surface area contributed by atoms with E-state index in [1.54, 1.807) is 7.11 Å². The van der Waals surface area contributed by atoms with E-state index in [-0.39, 0.29) is 24.3 Å². The first-order valence-electron chi connectivity index (χ1n) is 4.68. The second-order valence-electron chi connectivity index (χ2n) is 3.81. The summed E-state index contributed by atoms with van der Waals surface area (Å²) in [5.41, 5.74) is 0. The Morgan fingerprint density at radius 1 is 1.69 bits per heavy atom. The number of amides is 1. The summed E-state index contributed by atoms with van der Waals surface area (Å²) in [4.78, 5) is 13.4. The minimum absolute atomic E-state index is 0.127. The van der Waals surface area contributed by atoms with Gasteiger partial charge in [-0.2, -0.15) is 0 Å². The molecule has 0 aromatic rings. The van der Waals surface area contributed by atoms with E-state index >= 15 is 0 Å². The van der Waals surface area contributed by atoms with Crippen LogP contribution < -0.4 is 0 Å². The van der Waals surface area contributed by atoms with Gasteiger partial charge in [0.05, 0.1) is 6.61 Å². The van der Waals surface area contributed by atoms with Crippen LogP contribution in [0.5, 0.6) is 0 Å². The molecule has 13 heavy (non-hydrogen) atoms. The Balaban J connectivity index is 1.84.